The Morgan fingerprint density at radius 3 is 2.68 bits per heavy atom. The lowest BCUT2D eigenvalue weighted by molar-refractivity contribution is -0.136. The van der Waals surface area contributed by atoms with Gasteiger partial charge in [0.15, 0.2) is 0 Å². The van der Waals surface area contributed by atoms with Crippen molar-refractivity contribution in [3.63, 3.8) is 0 Å². The van der Waals surface area contributed by atoms with Crippen molar-refractivity contribution in [2.75, 3.05) is 0 Å². The van der Waals surface area contributed by atoms with E-state index in [2.05, 4.69) is 0 Å². The Morgan fingerprint density at radius 2 is 2.00 bits per heavy atom. The third-order valence-electron chi connectivity index (χ3n) is 3.57. The highest BCUT2D eigenvalue weighted by atomic mass is 16.4. The molecule has 0 amide bonds. The number of carboxylic acids is 1. The molecule has 0 spiro atoms. The summed E-state index contributed by atoms with van der Waals surface area (Å²) < 4.78 is 1.70. The number of nitrogens with zero attached hydrogens (tertiary/aromatic N) is 1. The first kappa shape index (κ1) is 12.0. The number of benzene rings is 1. The molecule has 98 valence electrons. The molecule has 1 aliphatic carbocycles. The van der Waals surface area contributed by atoms with Gasteiger partial charge in [0, 0.05) is 23.9 Å². The molecule has 0 atom stereocenters. The van der Waals surface area contributed by atoms with E-state index in [4.69, 9.17) is 5.11 Å². The molecular formula is C15H15NO3. The molecule has 0 unspecified atom stereocenters. The quantitative estimate of drug-likeness (QED) is 0.916. The zero-order valence-electron chi connectivity index (χ0n) is 10.5. The number of rotatable bonds is 4. The summed E-state index contributed by atoms with van der Waals surface area (Å²) in [6.45, 7) is 0. The van der Waals surface area contributed by atoms with E-state index in [1.54, 1.807) is 4.57 Å². The number of carbonyl (C=O) groups excluding carboxylic acids is 1. The van der Waals surface area contributed by atoms with Crippen LogP contribution in [0, 0.1) is 5.92 Å². The lowest BCUT2D eigenvalue weighted by Gasteiger charge is -2.01. The van der Waals surface area contributed by atoms with Crippen LogP contribution in [0.4, 0.5) is 0 Å². The minimum Gasteiger partial charge on any atom is -0.481 e. The zero-order valence-corrected chi connectivity index (χ0v) is 10.5. The first-order chi connectivity index (χ1) is 9.16. The van der Waals surface area contributed by atoms with E-state index in [1.807, 2.05) is 30.5 Å². The number of aliphatic carboxylic acids is 1. The second-order valence-electron chi connectivity index (χ2n) is 5.05. The van der Waals surface area contributed by atoms with Gasteiger partial charge in [0.2, 0.25) is 5.91 Å². The number of aromatic nitrogens is 1. The van der Waals surface area contributed by atoms with E-state index in [0.717, 1.165) is 29.3 Å². The Morgan fingerprint density at radius 1 is 1.26 bits per heavy atom. The number of fused-ring (bicyclic) bond motifs is 1. The normalized spacial score (nSPS) is 14.7. The van der Waals surface area contributed by atoms with Gasteiger partial charge in [-0.25, -0.2) is 0 Å². The van der Waals surface area contributed by atoms with Crippen LogP contribution < -0.4 is 0 Å². The van der Waals surface area contributed by atoms with Crippen LogP contribution in [0.2, 0.25) is 0 Å². The lowest BCUT2D eigenvalue weighted by atomic mass is 10.1. The largest absolute Gasteiger partial charge is 0.481 e. The smallest absolute Gasteiger partial charge is 0.303 e. The summed E-state index contributed by atoms with van der Waals surface area (Å²) in [5.74, 6) is -0.522. The molecule has 2 aromatic rings. The highest BCUT2D eigenvalue weighted by Gasteiger charge is 2.31. The standard InChI is InChI=1S/C15H15NO3/c17-14(18)8-7-11-9-16(15(19)10-5-6-10)13-4-2-1-3-12(11)13/h1-4,9-10H,5-8H2,(H,17,18). The molecule has 3 rings (SSSR count). The summed E-state index contributed by atoms with van der Waals surface area (Å²) in [4.78, 5) is 22.9. The Hall–Kier alpha value is -2.10. The third kappa shape index (κ3) is 2.26. The minimum absolute atomic E-state index is 0.0889. The van der Waals surface area contributed by atoms with Crippen LogP contribution in [0.3, 0.4) is 0 Å². The maximum atomic E-state index is 12.2. The van der Waals surface area contributed by atoms with Crippen LogP contribution in [-0.2, 0) is 11.2 Å². The van der Waals surface area contributed by atoms with Gasteiger partial charge in [-0.1, -0.05) is 18.2 Å². The van der Waals surface area contributed by atoms with Gasteiger partial charge in [0.1, 0.15) is 0 Å². The number of carboxylic acid groups (broad SMARTS) is 1. The summed E-state index contributed by atoms with van der Waals surface area (Å²) >= 11 is 0. The van der Waals surface area contributed by atoms with Crippen molar-refractivity contribution in [3.05, 3.63) is 36.0 Å². The molecule has 1 aliphatic rings. The average Bonchev–Trinajstić information content (AvgIpc) is 3.18. The highest BCUT2D eigenvalue weighted by molar-refractivity contribution is 5.96. The Balaban J connectivity index is 2.02. The third-order valence-corrected chi connectivity index (χ3v) is 3.57. The summed E-state index contributed by atoms with van der Waals surface area (Å²) in [6, 6.07) is 7.68. The fraction of sp³-hybridized carbons (Fsp3) is 0.333. The van der Waals surface area contributed by atoms with Crippen molar-refractivity contribution in [3.8, 4) is 0 Å². The second-order valence-corrected chi connectivity index (χ2v) is 5.05. The summed E-state index contributed by atoms with van der Waals surface area (Å²) in [5, 5.41) is 9.77. The van der Waals surface area contributed by atoms with E-state index in [0.29, 0.717) is 6.42 Å². The van der Waals surface area contributed by atoms with Crippen LogP contribution in [0.1, 0.15) is 29.6 Å². The number of hydrogen-bond donors (Lipinski definition) is 1. The fourth-order valence-electron chi connectivity index (χ4n) is 2.40. The van der Waals surface area contributed by atoms with Gasteiger partial charge in [0.25, 0.3) is 0 Å². The number of para-hydroxylation sites is 1. The zero-order chi connectivity index (χ0) is 13.4. The predicted octanol–water partition coefficient (Wildman–Crippen LogP) is 2.71. The van der Waals surface area contributed by atoms with Crippen LogP contribution in [0.25, 0.3) is 10.9 Å². The molecule has 4 heteroatoms. The number of hydrogen-bond acceptors (Lipinski definition) is 2. The Bertz CT molecular complexity index is 652. The Kier molecular flexibility index (Phi) is 2.85. The van der Waals surface area contributed by atoms with Gasteiger partial charge in [-0.2, -0.15) is 0 Å². The van der Waals surface area contributed by atoms with Crippen molar-refractivity contribution in [2.45, 2.75) is 25.7 Å². The molecule has 1 fully saturated rings. The second kappa shape index (κ2) is 4.53. The van der Waals surface area contributed by atoms with Gasteiger partial charge in [-0.15, -0.1) is 0 Å². The van der Waals surface area contributed by atoms with Crippen LogP contribution in [0.5, 0.6) is 0 Å². The number of aryl methyl sites for hydroxylation is 1. The monoisotopic (exact) mass is 257 g/mol. The average molecular weight is 257 g/mol. The van der Waals surface area contributed by atoms with E-state index in [9.17, 15) is 9.59 Å². The lowest BCUT2D eigenvalue weighted by Crippen LogP contribution is -2.10. The van der Waals surface area contributed by atoms with Crippen molar-refractivity contribution >= 4 is 22.8 Å². The maximum absolute atomic E-state index is 12.2. The molecule has 1 saturated carbocycles. The van der Waals surface area contributed by atoms with E-state index in [-0.39, 0.29) is 18.2 Å². The van der Waals surface area contributed by atoms with Gasteiger partial charge >= 0.3 is 5.97 Å². The number of carbonyl (C=O) groups is 2. The topological polar surface area (TPSA) is 59.3 Å². The molecule has 1 aromatic heterocycles. The first-order valence-corrected chi connectivity index (χ1v) is 6.52. The molecule has 0 bridgehead atoms. The van der Waals surface area contributed by atoms with E-state index >= 15 is 0 Å². The van der Waals surface area contributed by atoms with E-state index in [1.165, 1.54) is 0 Å². The molecule has 1 heterocycles. The minimum atomic E-state index is -0.814. The van der Waals surface area contributed by atoms with Crippen molar-refractivity contribution < 1.29 is 14.7 Å². The molecule has 0 radical (unpaired) electrons. The molecule has 4 nitrogen and oxygen atoms in total. The molecule has 0 saturated heterocycles. The van der Waals surface area contributed by atoms with Gasteiger partial charge in [-0.3, -0.25) is 14.2 Å². The van der Waals surface area contributed by atoms with Crippen LogP contribution >= 0.6 is 0 Å². The first-order valence-electron chi connectivity index (χ1n) is 6.52. The summed E-state index contributed by atoms with van der Waals surface area (Å²) in [5.41, 5.74) is 1.83. The van der Waals surface area contributed by atoms with Crippen LogP contribution in [0.15, 0.2) is 30.5 Å². The summed E-state index contributed by atoms with van der Waals surface area (Å²) in [6.07, 6.45) is 4.30. The molecule has 1 aromatic carbocycles. The molecular weight excluding hydrogens is 242 g/mol. The van der Waals surface area contributed by atoms with Crippen molar-refractivity contribution in [1.82, 2.24) is 4.57 Å². The molecule has 0 aliphatic heterocycles. The SMILES string of the molecule is O=C(O)CCc1cn(C(=O)C2CC2)c2ccccc12. The Labute approximate surface area is 110 Å². The van der Waals surface area contributed by atoms with Gasteiger partial charge in [0.05, 0.1) is 5.52 Å². The summed E-state index contributed by atoms with van der Waals surface area (Å²) in [7, 11) is 0. The van der Waals surface area contributed by atoms with Gasteiger partial charge in [-0.05, 0) is 30.9 Å². The van der Waals surface area contributed by atoms with Crippen molar-refractivity contribution in [2.24, 2.45) is 5.92 Å². The molecule has 1 N–H and O–H groups in total. The van der Waals surface area contributed by atoms with Crippen LogP contribution in [-0.4, -0.2) is 21.6 Å². The predicted molar refractivity (Wildman–Crippen MR) is 71.2 cm³/mol. The van der Waals surface area contributed by atoms with Crippen molar-refractivity contribution in [1.29, 1.82) is 0 Å². The van der Waals surface area contributed by atoms with E-state index < -0.39 is 5.97 Å². The van der Waals surface area contributed by atoms with Gasteiger partial charge < -0.3 is 5.11 Å². The highest BCUT2D eigenvalue weighted by Crippen LogP contribution is 2.33. The molecule has 19 heavy (non-hydrogen) atoms. The maximum Gasteiger partial charge on any atom is 0.303 e. The fourth-order valence-corrected chi connectivity index (χ4v) is 2.40.